The fourth-order valence-electron chi connectivity index (χ4n) is 1.86. The van der Waals surface area contributed by atoms with Crippen LogP contribution in [0.3, 0.4) is 0 Å². The first kappa shape index (κ1) is 14.9. The molecule has 0 aliphatic rings. The van der Waals surface area contributed by atoms with Crippen molar-refractivity contribution in [2.45, 2.75) is 13.8 Å². The first-order valence-corrected chi connectivity index (χ1v) is 5.18. The average molecular weight is 230 g/mol. The molecule has 0 aromatic rings. The van der Waals surface area contributed by atoms with Crippen LogP contribution in [0.25, 0.3) is 0 Å². The van der Waals surface area contributed by atoms with Gasteiger partial charge < -0.3 is 14.5 Å². The van der Waals surface area contributed by atoms with Gasteiger partial charge in [0.15, 0.2) is 0 Å². The van der Waals surface area contributed by atoms with Crippen LogP contribution in [-0.2, 0) is 14.3 Å². The van der Waals surface area contributed by atoms with Crippen LogP contribution >= 0.6 is 0 Å². The molecule has 0 atom stereocenters. The van der Waals surface area contributed by atoms with Gasteiger partial charge in [0.05, 0.1) is 7.11 Å². The summed E-state index contributed by atoms with van der Waals surface area (Å²) in [7, 11) is 6.77. The highest BCUT2D eigenvalue weighted by Gasteiger charge is 2.26. The largest absolute Gasteiger partial charge is 0.462 e. The lowest BCUT2D eigenvalue weighted by molar-refractivity contribution is -0.158. The van der Waals surface area contributed by atoms with E-state index >= 15 is 0 Å². The van der Waals surface area contributed by atoms with Crippen LogP contribution in [0.4, 0.5) is 0 Å². The lowest BCUT2D eigenvalue weighted by Gasteiger charge is -2.32. The molecule has 0 radical (unpaired) electrons. The molecular weight excluding hydrogens is 208 g/mol. The first-order chi connectivity index (χ1) is 7.19. The number of methoxy groups -OCH3 is 1. The van der Waals surface area contributed by atoms with Crippen molar-refractivity contribution < 1.29 is 14.3 Å². The predicted octanol–water partition coefficient (Wildman–Crippen LogP) is 0.206. The summed E-state index contributed by atoms with van der Waals surface area (Å²) in [5.41, 5.74) is -0.0675. The number of nitrogens with zero attached hydrogens (tertiary/aromatic N) is 2. The van der Waals surface area contributed by atoms with E-state index in [9.17, 15) is 9.59 Å². The molecule has 0 bridgehead atoms. The molecule has 0 spiro atoms. The molecule has 0 saturated heterocycles. The number of carbonyl (C=O) groups excluding carboxylic acids is 2. The minimum absolute atomic E-state index is 0.0675. The normalized spacial score (nSPS) is 11.4. The number of amides is 1. The summed E-state index contributed by atoms with van der Waals surface area (Å²) < 4.78 is 4.39. The highest BCUT2D eigenvalue weighted by molar-refractivity contribution is 6.32. The Balaban J connectivity index is 4.38. The number of esters is 1. The van der Waals surface area contributed by atoms with Gasteiger partial charge in [-0.15, -0.1) is 0 Å². The molecule has 16 heavy (non-hydrogen) atoms. The van der Waals surface area contributed by atoms with Crippen molar-refractivity contribution >= 4 is 11.9 Å². The lowest BCUT2D eigenvalue weighted by Crippen LogP contribution is -2.43. The standard InChI is InChI=1S/C11H22N2O3/c1-11(2,7-12(3)4)8-13(5)9(14)10(15)16-6/h7-8H2,1-6H3. The second-order valence-electron chi connectivity index (χ2n) is 5.05. The smallest absolute Gasteiger partial charge is 0.396 e. The van der Waals surface area contributed by atoms with Gasteiger partial charge in [0, 0.05) is 20.1 Å². The Bertz CT molecular complexity index is 262. The van der Waals surface area contributed by atoms with Crippen molar-refractivity contribution in [1.82, 2.24) is 9.80 Å². The summed E-state index contributed by atoms with van der Waals surface area (Å²) in [6.07, 6.45) is 0. The van der Waals surface area contributed by atoms with Crippen molar-refractivity contribution in [3.63, 3.8) is 0 Å². The third-order valence-corrected chi connectivity index (χ3v) is 2.12. The van der Waals surface area contributed by atoms with Gasteiger partial charge in [-0.3, -0.25) is 4.79 Å². The minimum Gasteiger partial charge on any atom is -0.462 e. The van der Waals surface area contributed by atoms with Gasteiger partial charge in [-0.05, 0) is 19.5 Å². The third kappa shape index (κ3) is 5.11. The van der Waals surface area contributed by atoms with Gasteiger partial charge in [0.2, 0.25) is 0 Å². The van der Waals surface area contributed by atoms with E-state index < -0.39 is 11.9 Å². The summed E-state index contributed by atoms with van der Waals surface area (Å²) >= 11 is 0. The SMILES string of the molecule is COC(=O)C(=O)N(C)CC(C)(C)CN(C)C. The molecule has 0 unspecified atom stereocenters. The van der Waals surface area contributed by atoms with E-state index in [0.717, 1.165) is 6.54 Å². The molecule has 0 aliphatic heterocycles. The van der Waals surface area contributed by atoms with Gasteiger partial charge in [-0.1, -0.05) is 13.8 Å². The highest BCUT2D eigenvalue weighted by Crippen LogP contribution is 2.17. The van der Waals surface area contributed by atoms with Crippen LogP contribution in [0.2, 0.25) is 0 Å². The summed E-state index contributed by atoms with van der Waals surface area (Å²) in [5, 5.41) is 0. The van der Waals surface area contributed by atoms with E-state index in [4.69, 9.17) is 0 Å². The zero-order chi connectivity index (χ0) is 12.9. The van der Waals surface area contributed by atoms with Crippen molar-refractivity contribution in [2.75, 3.05) is 41.3 Å². The monoisotopic (exact) mass is 230 g/mol. The Labute approximate surface area is 97.3 Å². The van der Waals surface area contributed by atoms with Crippen LogP contribution in [0.1, 0.15) is 13.8 Å². The maximum atomic E-state index is 11.5. The van der Waals surface area contributed by atoms with Crippen molar-refractivity contribution in [3.05, 3.63) is 0 Å². The molecule has 1 amide bonds. The molecule has 0 aliphatic carbocycles. The quantitative estimate of drug-likeness (QED) is 0.511. The molecule has 0 saturated carbocycles. The first-order valence-electron chi connectivity index (χ1n) is 5.18. The zero-order valence-corrected chi connectivity index (χ0v) is 11.0. The molecule has 94 valence electrons. The summed E-state index contributed by atoms with van der Waals surface area (Å²) in [6, 6.07) is 0. The number of rotatable bonds is 4. The van der Waals surface area contributed by atoms with Gasteiger partial charge in [0.25, 0.3) is 0 Å². The zero-order valence-electron chi connectivity index (χ0n) is 11.0. The molecule has 0 aromatic carbocycles. The van der Waals surface area contributed by atoms with E-state index in [-0.39, 0.29) is 5.41 Å². The van der Waals surface area contributed by atoms with E-state index in [1.54, 1.807) is 7.05 Å². The van der Waals surface area contributed by atoms with Gasteiger partial charge >= 0.3 is 11.9 Å². The van der Waals surface area contributed by atoms with Crippen LogP contribution in [-0.4, -0.2) is 63.0 Å². The number of ether oxygens (including phenoxy) is 1. The Kier molecular flexibility index (Phi) is 5.44. The van der Waals surface area contributed by atoms with Crippen molar-refractivity contribution in [1.29, 1.82) is 0 Å². The Morgan fingerprint density at radius 3 is 2.00 bits per heavy atom. The molecule has 0 fully saturated rings. The topological polar surface area (TPSA) is 49.9 Å². The van der Waals surface area contributed by atoms with Crippen LogP contribution in [0.5, 0.6) is 0 Å². The maximum absolute atomic E-state index is 11.5. The molecule has 5 nitrogen and oxygen atoms in total. The second kappa shape index (κ2) is 5.84. The predicted molar refractivity (Wildman–Crippen MR) is 62.0 cm³/mol. The van der Waals surface area contributed by atoms with Crippen LogP contribution in [0, 0.1) is 5.41 Å². The summed E-state index contributed by atoms with van der Waals surface area (Å²) in [5.74, 6) is -1.42. The highest BCUT2D eigenvalue weighted by atomic mass is 16.5. The van der Waals surface area contributed by atoms with Crippen LogP contribution in [0.15, 0.2) is 0 Å². The molecule has 5 heteroatoms. The Morgan fingerprint density at radius 2 is 1.62 bits per heavy atom. The third-order valence-electron chi connectivity index (χ3n) is 2.12. The second-order valence-corrected chi connectivity index (χ2v) is 5.05. The molecule has 0 rings (SSSR count). The number of carbonyl (C=O) groups is 2. The molecule has 0 aromatic heterocycles. The van der Waals surface area contributed by atoms with Crippen LogP contribution < -0.4 is 0 Å². The lowest BCUT2D eigenvalue weighted by atomic mass is 9.92. The Hall–Kier alpha value is -1.10. The van der Waals surface area contributed by atoms with E-state index in [1.165, 1.54) is 12.0 Å². The fourth-order valence-corrected chi connectivity index (χ4v) is 1.86. The van der Waals surface area contributed by atoms with Gasteiger partial charge in [0.1, 0.15) is 0 Å². The van der Waals surface area contributed by atoms with Gasteiger partial charge in [-0.2, -0.15) is 0 Å². The number of hydrogen-bond acceptors (Lipinski definition) is 4. The summed E-state index contributed by atoms with van der Waals surface area (Å²) in [6.45, 7) is 5.45. The Morgan fingerprint density at radius 1 is 1.12 bits per heavy atom. The van der Waals surface area contributed by atoms with Crippen molar-refractivity contribution in [3.8, 4) is 0 Å². The number of likely N-dealkylation sites (N-methyl/N-ethyl adjacent to an activating group) is 1. The average Bonchev–Trinajstić information content (AvgIpc) is 2.12. The summed E-state index contributed by atoms with van der Waals surface area (Å²) in [4.78, 5) is 26.0. The maximum Gasteiger partial charge on any atom is 0.396 e. The minimum atomic E-state index is -0.817. The molecule has 0 heterocycles. The van der Waals surface area contributed by atoms with E-state index in [1.807, 2.05) is 27.9 Å². The fraction of sp³-hybridized carbons (Fsp3) is 0.818. The molecular formula is C11H22N2O3. The van der Waals surface area contributed by atoms with E-state index in [0.29, 0.717) is 6.54 Å². The van der Waals surface area contributed by atoms with E-state index in [2.05, 4.69) is 9.64 Å². The number of hydrogen-bond donors (Lipinski definition) is 0. The van der Waals surface area contributed by atoms with Crippen molar-refractivity contribution in [2.24, 2.45) is 5.41 Å². The molecule has 0 N–H and O–H groups in total. The van der Waals surface area contributed by atoms with Gasteiger partial charge in [-0.25, -0.2) is 4.79 Å².